The number of hydrogen-bond acceptors (Lipinski definition) is 3. The Hall–Kier alpha value is -0.770. The highest BCUT2D eigenvalue weighted by atomic mass is 35.5. The lowest BCUT2D eigenvalue weighted by molar-refractivity contribution is 0.299. The van der Waals surface area contributed by atoms with E-state index in [1.807, 2.05) is 6.07 Å². The van der Waals surface area contributed by atoms with Gasteiger partial charge in [-0.2, -0.15) is 0 Å². The Morgan fingerprint density at radius 1 is 1.25 bits per heavy atom. The Morgan fingerprint density at radius 3 is 2.45 bits per heavy atom. The standard InChI is InChI=1S/C16H27ClN2O/c1-12(2)10-18-11-14-5-6-15(9-16(14)17)19(7-8-20)13(3)4/h5-6,9,12-13,18,20H,7-8,10-11H2,1-4H3. The van der Waals surface area contributed by atoms with Crippen molar-refractivity contribution >= 4 is 17.3 Å². The monoisotopic (exact) mass is 298 g/mol. The summed E-state index contributed by atoms with van der Waals surface area (Å²) in [7, 11) is 0. The minimum Gasteiger partial charge on any atom is -0.395 e. The molecule has 0 aliphatic heterocycles. The number of nitrogens with one attached hydrogen (secondary N) is 1. The minimum absolute atomic E-state index is 0.146. The van der Waals surface area contributed by atoms with Crippen molar-refractivity contribution in [2.75, 3.05) is 24.6 Å². The van der Waals surface area contributed by atoms with Crippen LogP contribution in [0.15, 0.2) is 18.2 Å². The highest BCUT2D eigenvalue weighted by Gasteiger charge is 2.11. The molecule has 114 valence electrons. The van der Waals surface area contributed by atoms with Crippen molar-refractivity contribution in [1.29, 1.82) is 0 Å². The maximum atomic E-state index is 9.15. The highest BCUT2D eigenvalue weighted by molar-refractivity contribution is 6.31. The van der Waals surface area contributed by atoms with Gasteiger partial charge in [0, 0.05) is 29.8 Å². The molecule has 1 aromatic rings. The van der Waals surface area contributed by atoms with Gasteiger partial charge in [-0.1, -0.05) is 31.5 Å². The number of aliphatic hydroxyl groups excluding tert-OH is 1. The zero-order valence-corrected chi connectivity index (χ0v) is 13.7. The first-order valence-electron chi connectivity index (χ1n) is 7.32. The molecule has 20 heavy (non-hydrogen) atoms. The molecule has 1 aromatic carbocycles. The minimum atomic E-state index is 0.146. The van der Waals surface area contributed by atoms with Crippen LogP contribution in [0.4, 0.5) is 5.69 Å². The summed E-state index contributed by atoms with van der Waals surface area (Å²) in [6.07, 6.45) is 0. The van der Waals surface area contributed by atoms with Crippen molar-refractivity contribution < 1.29 is 5.11 Å². The molecule has 1 rings (SSSR count). The lowest BCUT2D eigenvalue weighted by atomic mass is 10.1. The van der Waals surface area contributed by atoms with Crippen LogP contribution in [-0.2, 0) is 6.54 Å². The average molecular weight is 299 g/mol. The highest BCUT2D eigenvalue weighted by Crippen LogP contribution is 2.25. The van der Waals surface area contributed by atoms with Gasteiger partial charge >= 0.3 is 0 Å². The summed E-state index contributed by atoms with van der Waals surface area (Å²) in [6.45, 7) is 11.1. The van der Waals surface area contributed by atoms with Gasteiger partial charge in [-0.05, 0) is 44.0 Å². The van der Waals surface area contributed by atoms with E-state index < -0.39 is 0 Å². The molecule has 0 aliphatic rings. The molecule has 0 unspecified atom stereocenters. The second-order valence-corrected chi connectivity index (χ2v) is 6.22. The zero-order valence-electron chi connectivity index (χ0n) is 13.0. The second-order valence-electron chi connectivity index (χ2n) is 5.81. The van der Waals surface area contributed by atoms with Crippen molar-refractivity contribution in [3.8, 4) is 0 Å². The molecule has 0 amide bonds. The van der Waals surface area contributed by atoms with Crippen LogP contribution in [0, 0.1) is 5.92 Å². The third-order valence-corrected chi connectivity index (χ3v) is 3.55. The Labute approximate surface area is 127 Å². The maximum Gasteiger partial charge on any atom is 0.0606 e. The summed E-state index contributed by atoms with van der Waals surface area (Å²) in [5, 5.41) is 13.3. The number of aliphatic hydroxyl groups is 1. The fraction of sp³-hybridized carbons (Fsp3) is 0.625. The van der Waals surface area contributed by atoms with Gasteiger partial charge < -0.3 is 15.3 Å². The van der Waals surface area contributed by atoms with Crippen LogP contribution >= 0.6 is 11.6 Å². The third kappa shape index (κ3) is 5.31. The van der Waals surface area contributed by atoms with Gasteiger partial charge in [0.2, 0.25) is 0 Å². The predicted octanol–water partition coefficient (Wildman–Crippen LogP) is 3.29. The fourth-order valence-electron chi connectivity index (χ4n) is 2.15. The number of rotatable bonds is 8. The van der Waals surface area contributed by atoms with Gasteiger partial charge in [-0.15, -0.1) is 0 Å². The van der Waals surface area contributed by atoms with E-state index in [4.69, 9.17) is 16.7 Å². The Balaban J connectivity index is 2.75. The lowest BCUT2D eigenvalue weighted by Crippen LogP contribution is -2.33. The van der Waals surface area contributed by atoms with E-state index in [0.29, 0.717) is 18.5 Å². The molecule has 0 saturated carbocycles. The number of benzene rings is 1. The summed E-state index contributed by atoms with van der Waals surface area (Å²) in [5.74, 6) is 0.633. The van der Waals surface area contributed by atoms with Crippen LogP contribution in [0.25, 0.3) is 0 Å². The average Bonchev–Trinajstić information content (AvgIpc) is 2.37. The van der Waals surface area contributed by atoms with Gasteiger partial charge in [0.25, 0.3) is 0 Å². The van der Waals surface area contributed by atoms with E-state index in [0.717, 1.165) is 29.4 Å². The van der Waals surface area contributed by atoms with Crippen LogP contribution < -0.4 is 10.2 Å². The first-order valence-corrected chi connectivity index (χ1v) is 7.70. The van der Waals surface area contributed by atoms with Crippen molar-refractivity contribution in [1.82, 2.24) is 5.32 Å². The van der Waals surface area contributed by atoms with E-state index in [1.165, 1.54) is 0 Å². The largest absolute Gasteiger partial charge is 0.395 e. The van der Waals surface area contributed by atoms with E-state index >= 15 is 0 Å². The molecular weight excluding hydrogens is 272 g/mol. The van der Waals surface area contributed by atoms with Crippen LogP contribution in [-0.4, -0.2) is 30.8 Å². The van der Waals surface area contributed by atoms with Gasteiger partial charge in [-0.25, -0.2) is 0 Å². The molecule has 3 nitrogen and oxygen atoms in total. The number of anilines is 1. The van der Waals surface area contributed by atoms with E-state index in [1.54, 1.807) is 0 Å². The summed E-state index contributed by atoms with van der Waals surface area (Å²) in [4.78, 5) is 2.15. The van der Waals surface area contributed by atoms with E-state index in [9.17, 15) is 0 Å². The Morgan fingerprint density at radius 2 is 1.95 bits per heavy atom. The molecule has 0 atom stereocenters. The normalized spacial score (nSPS) is 11.4. The predicted molar refractivity (Wildman–Crippen MR) is 87.6 cm³/mol. The molecule has 2 N–H and O–H groups in total. The van der Waals surface area contributed by atoms with Crippen LogP contribution in [0.3, 0.4) is 0 Å². The topological polar surface area (TPSA) is 35.5 Å². The van der Waals surface area contributed by atoms with Crippen molar-refractivity contribution in [3.05, 3.63) is 28.8 Å². The SMILES string of the molecule is CC(C)CNCc1ccc(N(CCO)C(C)C)cc1Cl. The van der Waals surface area contributed by atoms with Crippen molar-refractivity contribution in [2.45, 2.75) is 40.3 Å². The number of hydrogen-bond donors (Lipinski definition) is 2. The Kier molecular flexibility index (Phi) is 7.35. The second kappa shape index (κ2) is 8.50. The molecule has 4 heteroatoms. The fourth-order valence-corrected chi connectivity index (χ4v) is 2.39. The van der Waals surface area contributed by atoms with Crippen molar-refractivity contribution in [2.24, 2.45) is 5.92 Å². The molecule has 0 heterocycles. The Bertz CT molecular complexity index is 407. The van der Waals surface area contributed by atoms with E-state index in [-0.39, 0.29) is 6.61 Å². The van der Waals surface area contributed by atoms with Crippen molar-refractivity contribution in [3.63, 3.8) is 0 Å². The van der Waals surface area contributed by atoms with Gasteiger partial charge in [0.1, 0.15) is 0 Å². The maximum absolute atomic E-state index is 9.15. The molecule has 0 aliphatic carbocycles. The number of nitrogens with zero attached hydrogens (tertiary/aromatic N) is 1. The molecule has 0 spiro atoms. The lowest BCUT2D eigenvalue weighted by Gasteiger charge is -2.28. The molecule has 0 aromatic heterocycles. The molecule has 0 fully saturated rings. The first kappa shape index (κ1) is 17.3. The van der Waals surface area contributed by atoms with Crippen LogP contribution in [0.5, 0.6) is 0 Å². The van der Waals surface area contributed by atoms with Crippen LogP contribution in [0.2, 0.25) is 5.02 Å². The molecule has 0 saturated heterocycles. The zero-order chi connectivity index (χ0) is 15.1. The smallest absolute Gasteiger partial charge is 0.0606 e. The number of halogens is 1. The van der Waals surface area contributed by atoms with E-state index in [2.05, 4.69) is 50.0 Å². The third-order valence-electron chi connectivity index (χ3n) is 3.20. The molecule has 0 radical (unpaired) electrons. The first-order chi connectivity index (χ1) is 9.45. The summed E-state index contributed by atoms with van der Waals surface area (Å²) >= 11 is 6.36. The summed E-state index contributed by atoms with van der Waals surface area (Å²) < 4.78 is 0. The summed E-state index contributed by atoms with van der Waals surface area (Å²) in [5.41, 5.74) is 2.18. The molecule has 0 bridgehead atoms. The molecular formula is C16H27ClN2O. The summed E-state index contributed by atoms with van der Waals surface area (Å²) in [6, 6.07) is 6.47. The van der Waals surface area contributed by atoms with Crippen LogP contribution in [0.1, 0.15) is 33.3 Å². The van der Waals surface area contributed by atoms with Gasteiger partial charge in [0.05, 0.1) is 6.61 Å². The van der Waals surface area contributed by atoms with Gasteiger partial charge in [0.15, 0.2) is 0 Å². The quantitative estimate of drug-likeness (QED) is 0.773. The van der Waals surface area contributed by atoms with Gasteiger partial charge in [-0.3, -0.25) is 0 Å².